The van der Waals surface area contributed by atoms with Crippen LogP contribution in [-0.2, 0) is 6.61 Å². The van der Waals surface area contributed by atoms with E-state index in [4.69, 9.17) is 16.3 Å². The van der Waals surface area contributed by atoms with Gasteiger partial charge in [0.25, 0.3) is 0 Å². The molecule has 4 heteroatoms. The third kappa shape index (κ3) is 3.78. The highest BCUT2D eigenvalue weighted by Crippen LogP contribution is 2.28. The SMILES string of the molecule is Clc1cccc(-c2ccc(OCc3ccccc3)c(I)c2)n1. The van der Waals surface area contributed by atoms with Crippen molar-refractivity contribution in [2.24, 2.45) is 0 Å². The summed E-state index contributed by atoms with van der Waals surface area (Å²) in [5.74, 6) is 0.871. The van der Waals surface area contributed by atoms with Gasteiger partial charge in [-0.15, -0.1) is 0 Å². The predicted molar refractivity (Wildman–Crippen MR) is 98.2 cm³/mol. The zero-order valence-electron chi connectivity index (χ0n) is 11.7. The third-order valence-corrected chi connectivity index (χ3v) is 4.23. The Morgan fingerprint density at radius 2 is 1.77 bits per heavy atom. The molecular weight excluding hydrogens is 409 g/mol. The van der Waals surface area contributed by atoms with E-state index in [0.29, 0.717) is 11.8 Å². The molecule has 0 bridgehead atoms. The van der Waals surface area contributed by atoms with Crippen molar-refractivity contribution in [2.75, 3.05) is 0 Å². The van der Waals surface area contributed by atoms with E-state index in [9.17, 15) is 0 Å². The molecule has 1 aromatic heterocycles. The second-order valence-electron chi connectivity index (χ2n) is 4.77. The van der Waals surface area contributed by atoms with Crippen LogP contribution in [0.4, 0.5) is 0 Å². The molecule has 0 radical (unpaired) electrons. The van der Waals surface area contributed by atoms with Gasteiger partial charge in [-0.2, -0.15) is 0 Å². The number of rotatable bonds is 4. The van der Waals surface area contributed by atoms with Gasteiger partial charge >= 0.3 is 0 Å². The van der Waals surface area contributed by atoms with Crippen molar-refractivity contribution in [1.29, 1.82) is 0 Å². The normalized spacial score (nSPS) is 10.5. The Labute approximate surface area is 148 Å². The van der Waals surface area contributed by atoms with E-state index in [0.717, 1.165) is 26.1 Å². The van der Waals surface area contributed by atoms with E-state index in [1.165, 1.54) is 0 Å². The molecule has 0 unspecified atom stereocenters. The quantitative estimate of drug-likeness (QED) is 0.405. The molecule has 0 fully saturated rings. The molecule has 0 aliphatic rings. The van der Waals surface area contributed by atoms with Crippen molar-refractivity contribution in [1.82, 2.24) is 4.98 Å². The van der Waals surface area contributed by atoms with Crippen LogP contribution >= 0.6 is 34.2 Å². The molecule has 0 atom stereocenters. The van der Waals surface area contributed by atoms with Crippen LogP contribution in [0.3, 0.4) is 0 Å². The van der Waals surface area contributed by atoms with Crippen LogP contribution in [0.5, 0.6) is 5.75 Å². The van der Waals surface area contributed by atoms with Gasteiger partial charge in [-0.3, -0.25) is 0 Å². The number of halogens is 2. The molecule has 2 aromatic carbocycles. The summed E-state index contributed by atoms with van der Waals surface area (Å²) in [5.41, 5.74) is 3.04. The van der Waals surface area contributed by atoms with Crippen molar-refractivity contribution in [3.8, 4) is 17.0 Å². The fourth-order valence-corrected chi connectivity index (χ4v) is 2.92. The van der Waals surface area contributed by atoms with Gasteiger partial charge in [0, 0.05) is 5.56 Å². The van der Waals surface area contributed by atoms with Crippen molar-refractivity contribution in [3.05, 3.63) is 81.0 Å². The van der Waals surface area contributed by atoms with Crippen molar-refractivity contribution >= 4 is 34.2 Å². The summed E-state index contributed by atoms with van der Waals surface area (Å²) >= 11 is 8.22. The van der Waals surface area contributed by atoms with Crippen molar-refractivity contribution in [2.45, 2.75) is 6.61 Å². The zero-order valence-corrected chi connectivity index (χ0v) is 14.6. The lowest BCUT2D eigenvalue weighted by Crippen LogP contribution is -1.97. The second kappa shape index (κ2) is 7.11. The molecule has 0 spiro atoms. The van der Waals surface area contributed by atoms with E-state index in [1.54, 1.807) is 6.07 Å². The predicted octanol–water partition coefficient (Wildman–Crippen LogP) is 5.59. The van der Waals surface area contributed by atoms with Crippen molar-refractivity contribution in [3.63, 3.8) is 0 Å². The maximum atomic E-state index is 5.95. The smallest absolute Gasteiger partial charge is 0.133 e. The molecule has 110 valence electrons. The average molecular weight is 422 g/mol. The van der Waals surface area contributed by atoms with Gasteiger partial charge in [0.2, 0.25) is 0 Å². The first-order chi connectivity index (χ1) is 10.7. The minimum Gasteiger partial charge on any atom is -0.488 e. The lowest BCUT2D eigenvalue weighted by molar-refractivity contribution is 0.304. The Balaban J connectivity index is 1.78. The molecule has 0 aliphatic heterocycles. The Kier molecular flexibility index (Phi) is 4.95. The summed E-state index contributed by atoms with van der Waals surface area (Å²) in [5, 5.41) is 0.497. The molecule has 0 saturated carbocycles. The van der Waals surface area contributed by atoms with Gasteiger partial charge in [-0.05, 0) is 58.5 Å². The van der Waals surface area contributed by atoms with Crippen LogP contribution in [0.25, 0.3) is 11.3 Å². The summed E-state index contributed by atoms with van der Waals surface area (Å²) in [6.45, 7) is 0.561. The monoisotopic (exact) mass is 421 g/mol. The fraction of sp³-hybridized carbons (Fsp3) is 0.0556. The van der Waals surface area contributed by atoms with Gasteiger partial charge in [0.15, 0.2) is 0 Å². The molecule has 3 aromatic rings. The van der Waals surface area contributed by atoms with E-state index in [2.05, 4.69) is 45.8 Å². The Bertz CT molecular complexity index is 777. The highest BCUT2D eigenvalue weighted by Gasteiger charge is 2.06. The fourth-order valence-electron chi connectivity index (χ4n) is 2.08. The zero-order chi connectivity index (χ0) is 15.4. The molecular formula is C18H13ClINO. The number of aromatic nitrogens is 1. The number of benzene rings is 2. The van der Waals surface area contributed by atoms with Crippen molar-refractivity contribution < 1.29 is 4.74 Å². The van der Waals surface area contributed by atoms with Crippen LogP contribution in [0.1, 0.15) is 5.56 Å². The lowest BCUT2D eigenvalue weighted by atomic mass is 10.1. The van der Waals surface area contributed by atoms with Crippen LogP contribution in [-0.4, -0.2) is 4.98 Å². The van der Waals surface area contributed by atoms with Crippen LogP contribution < -0.4 is 4.74 Å². The first-order valence-corrected chi connectivity index (χ1v) is 8.27. The molecule has 2 nitrogen and oxygen atoms in total. The number of pyridine rings is 1. The molecule has 1 heterocycles. The van der Waals surface area contributed by atoms with Gasteiger partial charge in [-0.1, -0.05) is 48.0 Å². The van der Waals surface area contributed by atoms with Gasteiger partial charge < -0.3 is 4.74 Å². The minimum atomic E-state index is 0.497. The lowest BCUT2D eigenvalue weighted by Gasteiger charge is -2.10. The van der Waals surface area contributed by atoms with Gasteiger partial charge in [0.1, 0.15) is 17.5 Å². The summed E-state index contributed by atoms with van der Waals surface area (Å²) in [6.07, 6.45) is 0. The maximum absolute atomic E-state index is 5.95. The topological polar surface area (TPSA) is 22.1 Å². The second-order valence-corrected chi connectivity index (χ2v) is 6.31. The van der Waals surface area contributed by atoms with Crippen LogP contribution in [0.2, 0.25) is 5.15 Å². The number of nitrogens with zero attached hydrogens (tertiary/aromatic N) is 1. The Morgan fingerprint density at radius 3 is 2.50 bits per heavy atom. The molecule has 0 N–H and O–H groups in total. The van der Waals surface area contributed by atoms with Crippen LogP contribution in [0, 0.1) is 3.57 Å². The van der Waals surface area contributed by atoms with E-state index < -0.39 is 0 Å². The maximum Gasteiger partial charge on any atom is 0.133 e. The molecule has 22 heavy (non-hydrogen) atoms. The van der Waals surface area contributed by atoms with E-state index >= 15 is 0 Å². The summed E-state index contributed by atoms with van der Waals surface area (Å²) < 4.78 is 6.93. The molecule has 0 amide bonds. The van der Waals surface area contributed by atoms with Gasteiger partial charge in [-0.25, -0.2) is 4.98 Å². The van der Waals surface area contributed by atoms with Gasteiger partial charge in [0.05, 0.1) is 9.26 Å². The standard InChI is InChI=1S/C18H13ClINO/c19-18-8-4-7-16(21-18)14-9-10-17(15(20)11-14)22-12-13-5-2-1-3-6-13/h1-11H,12H2. The largest absolute Gasteiger partial charge is 0.488 e. The van der Waals surface area contributed by atoms with E-state index in [-0.39, 0.29) is 0 Å². The Hall–Kier alpha value is -1.59. The summed E-state index contributed by atoms with van der Waals surface area (Å²) in [7, 11) is 0. The minimum absolute atomic E-state index is 0.497. The number of hydrogen-bond acceptors (Lipinski definition) is 2. The number of hydrogen-bond donors (Lipinski definition) is 0. The summed E-state index contributed by atoms with van der Waals surface area (Å²) in [4.78, 5) is 4.33. The molecule has 0 aliphatic carbocycles. The average Bonchev–Trinajstić information content (AvgIpc) is 2.54. The third-order valence-electron chi connectivity index (χ3n) is 3.18. The molecule has 3 rings (SSSR count). The van der Waals surface area contributed by atoms with E-state index in [1.807, 2.05) is 42.5 Å². The van der Waals surface area contributed by atoms with Crippen LogP contribution in [0.15, 0.2) is 66.7 Å². The summed E-state index contributed by atoms with van der Waals surface area (Å²) in [6, 6.07) is 21.8. The number of ether oxygens (including phenoxy) is 1. The highest BCUT2D eigenvalue weighted by molar-refractivity contribution is 14.1. The first-order valence-electron chi connectivity index (χ1n) is 6.81. The highest BCUT2D eigenvalue weighted by atomic mass is 127. The first kappa shape index (κ1) is 15.3. The Morgan fingerprint density at radius 1 is 0.955 bits per heavy atom. The molecule has 0 saturated heterocycles.